The van der Waals surface area contributed by atoms with Crippen LogP contribution in [0.2, 0.25) is 0 Å². The number of para-hydroxylation sites is 1. The topological polar surface area (TPSA) is 104 Å². The minimum Gasteiger partial charge on any atom is -0.338 e. The van der Waals surface area contributed by atoms with E-state index >= 15 is 0 Å². The average Bonchev–Trinajstić information content (AvgIpc) is 3.47. The van der Waals surface area contributed by atoms with E-state index in [1.807, 2.05) is 54.5 Å². The summed E-state index contributed by atoms with van der Waals surface area (Å²) in [5.41, 5.74) is 4.41. The van der Waals surface area contributed by atoms with Gasteiger partial charge in [-0.3, -0.25) is 14.3 Å². The molecule has 0 unspecified atom stereocenters. The lowest BCUT2D eigenvalue weighted by atomic mass is 10.0. The summed E-state index contributed by atoms with van der Waals surface area (Å²) in [6.07, 6.45) is 2.59. The fraction of sp³-hybridized carbons (Fsp3) is 0.364. The van der Waals surface area contributed by atoms with Crippen molar-refractivity contribution in [2.45, 2.75) is 32.7 Å². The molecule has 32 heavy (non-hydrogen) atoms. The van der Waals surface area contributed by atoms with Crippen molar-refractivity contribution in [3.63, 3.8) is 0 Å². The summed E-state index contributed by atoms with van der Waals surface area (Å²) in [5, 5.41) is 18.1. The quantitative estimate of drug-likeness (QED) is 0.488. The average molecular weight is 432 g/mol. The normalized spacial score (nSPS) is 13.5. The maximum Gasteiger partial charge on any atom is 0.247 e. The van der Waals surface area contributed by atoms with Crippen molar-refractivity contribution >= 4 is 22.7 Å². The van der Waals surface area contributed by atoms with Crippen LogP contribution in [0.15, 0.2) is 30.6 Å². The van der Waals surface area contributed by atoms with E-state index < -0.39 is 0 Å². The second-order valence-electron chi connectivity index (χ2n) is 8.14. The Kier molecular flexibility index (Phi) is 4.84. The van der Waals surface area contributed by atoms with Crippen molar-refractivity contribution in [1.29, 1.82) is 0 Å². The van der Waals surface area contributed by atoms with Gasteiger partial charge in [-0.15, -0.1) is 10.2 Å². The number of fused-ring (bicyclic) bond motifs is 2. The summed E-state index contributed by atoms with van der Waals surface area (Å²) >= 11 is 0. The van der Waals surface area contributed by atoms with Crippen molar-refractivity contribution in [1.82, 2.24) is 39.2 Å². The van der Waals surface area contributed by atoms with Gasteiger partial charge in [0.2, 0.25) is 11.8 Å². The highest BCUT2D eigenvalue weighted by molar-refractivity contribution is 5.93. The van der Waals surface area contributed by atoms with Gasteiger partial charge in [0, 0.05) is 63.1 Å². The van der Waals surface area contributed by atoms with Crippen LogP contribution < -0.4 is 0 Å². The Labute approximate surface area is 184 Å². The van der Waals surface area contributed by atoms with Gasteiger partial charge in [-0.1, -0.05) is 18.2 Å². The Bertz CT molecular complexity index is 1350. The minimum atomic E-state index is -0.179. The molecular weight excluding hydrogens is 408 g/mol. The van der Waals surface area contributed by atoms with Gasteiger partial charge < -0.3 is 9.47 Å². The fourth-order valence-electron chi connectivity index (χ4n) is 4.37. The zero-order valence-corrected chi connectivity index (χ0v) is 18.3. The molecule has 4 heterocycles. The van der Waals surface area contributed by atoms with Crippen molar-refractivity contribution in [3.05, 3.63) is 47.5 Å². The first-order valence-corrected chi connectivity index (χ1v) is 10.6. The Hall–Kier alpha value is -3.82. The van der Waals surface area contributed by atoms with Crippen LogP contribution in [0, 0.1) is 6.92 Å². The molecule has 3 aromatic heterocycles. The summed E-state index contributed by atoms with van der Waals surface area (Å²) in [4.78, 5) is 27.6. The highest BCUT2D eigenvalue weighted by Crippen LogP contribution is 2.28. The molecule has 0 saturated heterocycles. The molecule has 10 nitrogen and oxygen atoms in total. The highest BCUT2D eigenvalue weighted by Gasteiger charge is 2.29. The number of rotatable bonds is 4. The molecule has 1 amide bonds. The molecule has 1 aliphatic heterocycles. The molecule has 0 spiro atoms. The van der Waals surface area contributed by atoms with E-state index in [1.165, 1.54) is 4.68 Å². The standard InChI is InChI=1S/C22H24N8O2/c1-14-15-6-4-5-7-18(15)30(25-14)20(32)9-8-19(31)29-11-10-17-16(12-29)21(26-28(17)3)22-24-23-13-27(22)2/h4-7,13H,8-12H2,1-3H3. The number of hydrogen-bond donors (Lipinski definition) is 0. The first kappa shape index (κ1) is 20.1. The lowest BCUT2D eigenvalue weighted by molar-refractivity contribution is -0.132. The molecule has 0 N–H and O–H groups in total. The summed E-state index contributed by atoms with van der Waals surface area (Å²) < 4.78 is 5.09. The third-order valence-corrected chi connectivity index (χ3v) is 6.08. The smallest absolute Gasteiger partial charge is 0.247 e. The minimum absolute atomic E-state index is 0.0510. The SMILES string of the molecule is Cc1nn(C(=O)CCC(=O)N2CCc3c(c(-c4nncn4C)nn3C)C2)c2ccccc12. The Morgan fingerprint density at radius 1 is 1.06 bits per heavy atom. The predicted molar refractivity (Wildman–Crippen MR) is 117 cm³/mol. The van der Waals surface area contributed by atoms with Gasteiger partial charge in [-0.05, 0) is 13.0 Å². The molecule has 0 saturated carbocycles. The Morgan fingerprint density at radius 2 is 1.84 bits per heavy atom. The summed E-state index contributed by atoms with van der Waals surface area (Å²) in [7, 11) is 3.78. The Balaban J connectivity index is 1.31. The van der Waals surface area contributed by atoms with Crippen LogP contribution in [0.4, 0.5) is 0 Å². The number of aromatic nitrogens is 7. The van der Waals surface area contributed by atoms with Crippen LogP contribution >= 0.6 is 0 Å². The maximum absolute atomic E-state index is 13.0. The first-order chi connectivity index (χ1) is 15.4. The zero-order valence-electron chi connectivity index (χ0n) is 18.3. The van der Waals surface area contributed by atoms with Crippen molar-refractivity contribution in [3.8, 4) is 11.5 Å². The number of aryl methyl sites for hydroxylation is 3. The molecule has 4 aromatic rings. The van der Waals surface area contributed by atoms with Crippen LogP contribution in [0.5, 0.6) is 0 Å². The highest BCUT2D eigenvalue weighted by atomic mass is 16.2. The van der Waals surface area contributed by atoms with Crippen molar-refractivity contribution in [2.24, 2.45) is 14.1 Å². The number of carbonyl (C=O) groups excluding carboxylic acids is 2. The summed E-state index contributed by atoms with van der Waals surface area (Å²) in [6.45, 7) is 2.93. The van der Waals surface area contributed by atoms with E-state index in [2.05, 4.69) is 20.4 Å². The number of amides is 1. The molecule has 10 heteroatoms. The van der Waals surface area contributed by atoms with E-state index in [0.29, 0.717) is 25.3 Å². The van der Waals surface area contributed by atoms with Crippen molar-refractivity contribution < 1.29 is 9.59 Å². The third kappa shape index (κ3) is 3.28. The summed E-state index contributed by atoms with van der Waals surface area (Å²) in [5.74, 6) is 0.443. The molecule has 5 rings (SSSR count). The Morgan fingerprint density at radius 3 is 2.62 bits per heavy atom. The van der Waals surface area contributed by atoms with E-state index in [0.717, 1.165) is 33.5 Å². The van der Waals surface area contributed by atoms with Crippen LogP contribution in [0.25, 0.3) is 22.4 Å². The van der Waals surface area contributed by atoms with Gasteiger partial charge in [-0.25, -0.2) is 0 Å². The van der Waals surface area contributed by atoms with E-state index in [-0.39, 0.29) is 24.7 Å². The van der Waals surface area contributed by atoms with Gasteiger partial charge >= 0.3 is 0 Å². The molecular formula is C22H24N8O2. The number of nitrogens with zero attached hydrogens (tertiary/aromatic N) is 8. The van der Waals surface area contributed by atoms with Crippen LogP contribution in [0.1, 0.15) is 34.6 Å². The number of benzene rings is 1. The molecule has 0 atom stereocenters. The molecule has 1 aromatic carbocycles. The van der Waals surface area contributed by atoms with Crippen LogP contribution in [-0.4, -0.2) is 57.6 Å². The first-order valence-electron chi connectivity index (χ1n) is 10.6. The van der Waals surface area contributed by atoms with Crippen LogP contribution in [-0.2, 0) is 31.9 Å². The van der Waals surface area contributed by atoms with E-state index in [9.17, 15) is 9.59 Å². The fourth-order valence-corrected chi connectivity index (χ4v) is 4.37. The van der Waals surface area contributed by atoms with Gasteiger partial charge in [0.1, 0.15) is 12.0 Å². The third-order valence-electron chi connectivity index (χ3n) is 6.08. The van der Waals surface area contributed by atoms with Gasteiger partial charge in [0.05, 0.1) is 11.2 Å². The van der Waals surface area contributed by atoms with Gasteiger partial charge in [0.25, 0.3) is 0 Å². The zero-order chi connectivity index (χ0) is 22.4. The molecule has 0 bridgehead atoms. The summed E-state index contributed by atoms with van der Waals surface area (Å²) in [6, 6.07) is 7.62. The molecule has 0 aliphatic carbocycles. The van der Waals surface area contributed by atoms with E-state index in [1.54, 1.807) is 11.2 Å². The van der Waals surface area contributed by atoms with Crippen LogP contribution in [0.3, 0.4) is 0 Å². The van der Waals surface area contributed by atoms with Gasteiger partial charge in [-0.2, -0.15) is 14.9 Å². The lowest BCUT2D eigenvalue weighted by Crippen LogP contribution is -2.36. The van der Waals surface area contributed by atoms with Crippen molar-refractivity contribution in [2.75, 3.05) is 6.54 Å². The molecule has 1 aliphatic rings. The lowest BCUT2D eigenvalue weighted by Gasteiger charge is -2.27. The maximum atomic E-state index is 13.0. The second kappa shape index (κ2) is 7.70. The number of hydrogen-bond acceptors (Lipinski definition) is 6. The molecule has 164 valence electrons. The molecule has 0 fully saturated rings. The predicted octanol–water partition coefficient (Wildman–Crippen LogP) is 1.88. The largest absolute Gasteiger partial charge is 0.338 e. The second-order valence-corrected chi connectivity index (χ2v) is 8.14. The van der Waals surface area contributed by atoms with Gasteiger partial charge in [0.15, 0.2) is 5.82 Å². The molecule has 0 radical (unpaired) electrons. The van der Waals surface area contributed by atoms with E-state index in [4.69, 9.17) is 0 Å². The number of carbonyl (C=O) groups is 2. The monoisotopic (exact) mass is 432 g/mol.